The van der Waals surface area contributed by atoms with Crippen molar-refractivity contribution in [1.29, 1.82) is 0 Å². The second-order valence-corrected chi connectivity index (χ2v) is 2.88. The minimum Gasteiger partial charge on any atom is -0.369 e. The highest BCUT2D eigenvalue weighted by molar-refractivity contribution is 5.63. The van der Waals surface area contributed by atoms with Crippen molar-refractivity contribution in [2.75, 3.05) is 18.5 Å². The first-order chi connectivity index (χ1) is 6.57. The third-order valence-electron chi connectivity index (χ3n) is 2.03. The van der Waals surface area contributed by atoms with Crippen LogP contribution in [0.25, 0.3) is 0 Å². The van der Waals surface area contributed by atoms with E-state index in [1.165, 1.54) is 12.1 Å². The summed E-state index contributed by atoms with van der Waals surface area (Å²) >= 11 is 0. The highest BCUT2D eigenvalue weighted by atomic mass is 19.1. The molecule has 0 aliphatic rings. The SMILES string of the molecule is CCN(C)c1cccc(F)c1[N+](=O)[O-]. The summed E-state index contributed by atoms with van der Waals surface area (Å²) in [4.78, 5) is 11.5. The van der Waals surface area contributed by atoms with Crippen LogP contribution in [0.3, 0.4) is 0 Å². The van der Waals surface area contributed by atoms with Crippen molar-refractivity contribution in [3.8, 4) is 0 Å². The molecule has 0 unspecified atom stereocenters. The topological polar surface area (TPSA) is 46.4 Å². The lowest BCUT2D eigenvalue weighted by Crippen LogP contribution is -2.17. The van der Waals surface area contributed by atoms with Crippen molar-refractivity contribution >= 4 is 11.4 Å². The Morgan fingerprint density at radius 3 is 2.71 bits per heavy atom. The van der Waals surface area contributed by atoms with Gasteiger partial charge >= 0.3 is 5.69 Å². The summed E-state index contributed by atoms with van der Waals surface area (Å²) in [5, 5.41) is 10.6. The largest absolute Gasteiger partial charge is 0.369 e. The molecule has 0 aliphatic carbocycles. The van der Waals surface area contributed by atoms with Crippen LogP contribution in [0.4, 0.5) is 15.8 Å². The van der Waals surface area contributed by atoms with E-state index < -0.39 is 16.4 Å². The third-order valence-corrected chi connectivity index (χ3v) is 2.03. The Labute approximate surface area is 81.1 Å². The van der Waals surface area contributed by atoms with Gasteiger partial charge in [0.05, 0.1) is 4.92 Å². The Balaban J connectivity index is 3.28. The van der Waals surface area contributed by atoms with Gasteiger partial charge in [0.25, 0.3) is 0 Å². The van der Waals surface area contributed by atoms with Crippen molar-refractivity contribution in [1.82, 2.24) is 0 Å². The first-order valence-corrected chi connectivity index (χ1v) is 4.22. The Hall–Kier alpha value is -1.65. The highest BCUT2D eigenvalue weighted by Gasteiger charge is 2.21. The van der Waals surface area contributed by atoms with Gasteiger partial charge < -0.3 is 4.90 Å². The van der Waals surface area contributed by atoms with Gasteiger partial charge in [-0.1, -0.05) is 6.07 Å². The molecule has 0 aromatic heterocycles. The molecule has 1 aromatic rings. The monoisotopic (exact) mass is 198 g/mol. The molecular formula is C9H11FN2O2. The molecule has 0 N–H and O–H groups in total. The van der Waals surface area contributed by atoms with Gasteiger partial charge in [-0.2, -0.15) is 4.39 Å². The fourth-order valence-electron chi connectivity index (χ4n) is 1.16. The van der Waals surface area contributed by atoms with Crippen LogP contribution in [0.15, 0.2) is 18.2 Å². The van der Waals surface area contributed by atoms with Gasteiger partial charge in [-0.05, 0) is 19.1 Å². The van der Waals surface area contributed by atoms with Crippen molar-refractivity contribution < 1.29 is 9.31 Å². The first-order valence-electron chi connectivity index (χ1n) is 4.22. The molecule has 0 bridgehead atoms. The summed E-state index contributed by atoms with van der Waals surface area (Å²) < 4.78 is 13.1. The molecule has 0 aliphatic heterocycles. The van der Waals surface area contributed by atoms with E-state index in [-0.39, 0.29) is 0 Å². The zero-order chi connectivity index (χ0) is 10.7. The van der Waals surface area contributed by atoms with E-state index in [1.54, 1.807) is 11.9 Å². The molecule has 0 atom stereocenters. The predicted octanol–water partition coefficient (Wildman–Crippen LogP) is 2.19. The Kier molecular flexibility index (Phi) is 3.01. The van der Waals surface area contributed by atoms with E-state index in [0.717, 1.165) is 6.07 Å². The minimum absolute atomic E-state index is 0.303. The van der Waals surface area contributed by atoms with Crippen molar-refractivity contribution in [3.05, 3.63) is 34.1 Å². The number of halogens is 1. The number of nitro groups is 1. The summed E-state index contributed by atoms with van der Waals surface area (Å²) in [7, 11) is 1.68. The smallest absolute Gasteiger partial charge is 0.327 e. The molecule has 1 aromatic carbocycles. The Bertz CT molecular complexity index is 355. The van der Waals surface area contributed by atoms with Crippen LogP contribution in [-0.2, 0) is 0 Å². The highest BCUT2D eigenvalue weighted by Crippen LogP contribution is 2.29. The van der Waals surface area contributed by atoms with E-state index in [2.05, 4.69) is 0 Å². The molecule has 76 valence electrons. The molecule has 0 saturated carbocycles. The number of para-hydroxylation sites is 1. The van der Waals surface area contributed by atoms with E-state index >= 15 is 0 Å². The van der Waals surface area contributed by atoms with Gasteiger partial charge in [-0.3, -0.25) is 10.1 Å². The number of benzene rings is 1. The molecule has 0 spiro atoms. The zero-order valence-electron chi connectivity index (χ0n) is 8.03. The maximum atomic E-state index is 13.1. The quantitative estimate of drug-likeness (QED) is 0.552. The number of hydrogen-bond donors (Lipinski definition) is 0. The summed E-state index contributed by atoms with van der Waals surface area (Å²) in [6, 6.07) is 4.08. The van der Waals surface area contributed by atoms with Gasteiger partial charge in [-0.15, -0.1) is 0 Å². The molecule has 14 heavy (non-hydrogen) atoms. The maximum absolute atomic E-state index is 13.1. The number of nitro benzene ring substituents is 1. The standard InChI is InChI=1S/C9H11FN2O2/c1-3-11(2)8-6-4-5-7(10)9(8)12(13)14/h4-6H,3H2,1-2H3. The molecule has 5 heteroatoms. The second-order valence-electron chi connectivity index (χ2n) is 2.88. The molecule has 0 amide bonds. The average molecular weight is 198 g/mol. The van der Waals surface area contributed by atoms with Crippen LogP contribution in [0.5, 0.6) is 0 Å². The third kappa shape index (κ3) is 1.81. The van der Waals surface area contributed by atoms with E-state index in [0.29, 0.717) is 12.2 Å². The van der Waals surface area contributed by atoms with Crippen LogP contribution in [0.2, 0.25) is 0 Å². The van der Waals surface area contributed by atoms with Gasteiger partial charge in [0.15, 0.2) is 0 Å². The van der Waals surface area contributed by atoms with Crippen LogP contribution in [0.1, 0.15) is 6.92 Å². The summed E-state index contributed by atoms with van der Waals surface area (Å²) in [6.45, 7) is 2.43. The number of hydrogen-bond acceptors (Lipinski definition) is 3. The van der Waals surface area contributed by atoms with Crippen molar-refractivity contribution in [2.24, 2.45) is 0 Å². The first kappa shape index (κ1) is 10.4. The number of anilines is 1. The molecule has 0 fully saturated rings. The lowest BCUT2D eigenvalue weighted by atomic mass is 10.2. The average Bonchev–Trinajstić information content (AvgIpc) is 2.15. The summed E-state index contributed by atoms with van der Waals surface area (Å²) in [5.74, 6) is -0.798. The van der Waals surface area contributed by atoms with Crippen LogP contribution in [-0.4, -0.2) is 18.5 Å². The molecule has 0 radical (unpaired) electrons. The summed E-state index contributed by atoms with van der Waals surface area (Å²) in [6.07, 6.45) is 0. The summed E-state index contributed by atoms with van der Waals surface area (Å²) in [5.41, 5.74) is -0.158. The van der Waals surface area contributed by atoms with E-state index in [1.807, 2.05) is 6.92 Å². The van der Waals surface area contributed by atoms with E-state index in [9.17, 15) is 14.5 Å². The minimum atomic E-state index is -0.798. The molecule has 1 rings (SSSR count). The predicted molar refractivity (Wildman–Crippen MR) is 52.0 cm³/mol. The normalized spacial score (nSPS) is 9.93. The van der Waals surface area contributed by atoms with Crippen LogP contribution < -0.4 is 4.90 Å². The van der Waals surface area contributed by atoms with Gasteiger partial charge in [-0.25, -0.2) is 0 Å². The molecule has 0 saturated heterocycles. The molecule has 4 nitrogen and oxygen atoms in total. The van der Waals surface area contributed by atoms with Crippen molar-refractivity contribution in [2.45, 2.75) is 6.92 Å². The lowest BCUT2D eigenvalue weighted by molar-refractivity contribution is -0.386. The second kappa shape index (κ2) is 4.04. The number of rotatable bonds is 3. The van der Waals surface area contributed by atoms with Gasteiger partial charge in [0.1, 0.15) is 5.69 Å². The Morgan fingerprint density at radius 1 is 1.57 bits per heavy atom. The zero-order valence-corrected chi connectivity index (χ0v) is 8.03. The fraction of sp³-hybridized carbons (Fsp3) is 0.333. The molecule has 0 heterocycles. The van der Waals surface area contributed by atoms with Crippen LogP contribution in [0, 0.1) is 15.9 Å². The van der Waals surface area contributed by atoms with E-state index in [4.69, 9.17) is 0 Å². The van der Waals surface area contributed by atoms with Gasteiger partial charge in [0, 0.05) is 13.6 Å². The van der Waals surface area contributed by atoms with Crippen molar-refractivity contribution in [3.63, 3.8) is 0 Å². The number of nitrogens with zero attached hydrogens (tertiary/aromatic N) is 2. The van der Waals surface area contributed by atoms with Gasteiger partial charge in [0.2, 0.25) is 5.82 Å². The fourth-order valence-corrected chi connectivity index (χ4v) is 1.16. The maximum Gasteiger partial charge on any atom is 0.327 e. The Morgan fingerprint density at radius 2 is 2.21 bits per heavy atom. The van der Waals surface area contributed by atoms with Crippen LogP contribution >= 0.6 is 0 Å². The molecular weight excluding hydrogens is 187 g/mol. The lowest BCUT2D eigenvalue weighted by Gasteiger charge is -2.16.